The van der Waals surface area contributed by atoms with Gasteiger partial charge in [0.15, 0.2) is 0 Å². The maximum Gasteiger partial charge on any atom is 0.233 e. The fraction of sp³-hybridized carbons (Fsp3) is 0.300. The van der Waals surface area contributed by atoms with Crippen molar-refractivity contribution in [3.8, 4) is 5.75 Å². The van der Waals surface area contributed by atoms with Crippen LogP contribution in [0.15, 0.2) is 46.9 Å². The van der Waals surface area contributed by atoms with Crippen LogP contribution in [0, 0.1) is 12.7 Å². The number of hydrogen-bond acceptors (Lipinski definition) is 5. The van der Waals surface area contributed by atoms with Gasteiger partial charge in [-0.05, 0) is 35.7 Å². The largest absolute Gasteiger partial charge is 0.491 e. The van der Waals surface area contributed by atoms with Gasteiger partial charge in [-0.1, -0.05) is 35.9 Å². The van der Waals surface area contributed by atoms with E-state index in [0.29, 0.717) is 30.7 Å². The van der Waals surface area contributed by atoms with Crippen LogP contribution in [0.3, 0.4) is 0 Å². The summed E-state index contributed by atoms with van der Waals surface area (Å²) in [6.07, 6.45) is 0.801. The van der Waals surface area contributed by atoms with Gasteiger partial charge in [-0.25, -0.2) is 4.39 Å². The fourth-order valence-corrected chi connectivity index (χ4v) is 3.59. The van der Waals surface area contributed by atoms with E-state index >= 15 is 0 Å². The van der Waals surface area contributed by atoms with Gasteiger partial charge in [0.25, 0.3) is 0 Å². The van der Waals surface area contributed by atoms with Crippen LogP contribution in [0.25, 0.3) is 0 Å². The minimum atomic E-state index is -0.383. The Bertz CT molecular complexity index is 946. The van der Waals surface area contributed by atoms with Crippen LogP contribution in [0.1, 0.15) is 29.0 Å². The fourth-order valence-electron chi connectivity index (χ4n) is 3.37. The number of hydrogen-bond donors (Lipinski definition) is 0. The molecule has 1 unspecified atom stereocenters. The molecule has 4 rings (SSSR count). The van der Waals surface area contributed by atoms with Crippen LogP contribution in [0.2, 0.25) is 5.02 Å². The third kappa shape index (κ3) is 3.96. The molecule has 140 valence electrons. The first-order valence-electron chi connectivity index (χ1n) is 8.79. The lowest BCUT2D eigenvalue weighted by Crippen LogP contribution is -2.37. The Morgan fingerprint density at radius 1 is 1.22 bits per heavy atom. The van der Waals surface area contributed by atoms with Crippen LogP contribution < -0.4 is 4.74 Å². The molecular weight excluding hydrogens is 369 g/mol. The van der Waals surface area contributed by atoms with Gasteiger partial charge < -0.3 is 9.15 Å². The van der Waals surface area contributed by atoms with E-state index in [4.69, 9.17) is 20.8 Å². The molecule has 5 nitrogen and oxygen atoms in total. The molecule has 1 aromatic heterocycles. The van der Waals surface area contributed by atoms with Crippen LogP contribution in [-0.2, 0) is 13.0 Å². The maximum absolute atomic E-state index is 13.2. The summed E-state index contributed by atoms with van der Waals surface area (Å²) >= 11 is 6.03. The first-order chi connectivity index (χ1) is 13.1. The van der Waals surface area contributed by atoms with Crippen molar-refractivity contribution in [2.45, 2.75) is 25.9 Å². The number of halogens is 2. The zero-order valence-corrected chi connectivity index (χ0v) is 15.6. The van der Waals surface area contributed by atoms with Crippen LogP contribution in [-0.4, -0.2) is 28.2 Å². The first kappa shape index (κ1) is 17.9. The van der Waals surface area contributed by atoms with Crippen molar-refractivity contribution in [3.05, 3.63) is 76.2 Å². The van der Waals surface area contributed by atoms with Gasteiger partial charge in [0.1, 0.15) is 18.2 Å². The van der Waals surface area contributed by atoms with Crippen molar-refractivity contribution in [2.75, 3.05) is 13.2 Å². The third-order valence-corrected chi connectivity index (χ3v) is 5.00. The van der Waals surface area contributed by atoms with Gasteiger partial charge in [-0.3, -0.25) is 4.90 Å². The summed E-state index contributed by atoms with van der Waals surface area (Å²) < 4.78 is 24.6. The minimum absolute atomic E-state index is 0.00612. The van der Waals surface area contributed by atoms with E-state index in [1.165, 1.54) is 23.3 Å². The number of fused-ring (bicyclic) bond motifs is 1. The SMILES string of the molecule is Cc1nnc(C2Cc3ccccc3CN2CCOc2ccc(F)cc2Cl)o1. The van der Waals surface area contributed by atoms with Crippen molar-refractivity contribution < 1.29 is 13.5 Å². The van der Waals surface area contributed by atoms with E-state index in [1.54, 1.807) is 13.0 Å². The average Bonchev–Trinajstić information content (AvgIpc) is 3.09. The molecule has 27 heavy (non-hydrogen) atoms. The quantitative estimate of drug-likeness (QED) is 0.651. The molecule has 7 heteroatoms. The lowest BCUT2D eigenvalue weighted by molar-refractivity contribution is 0.121. The van der Waals surface area contributed by atoms with Crippen LogP contribution >= 0.6 is 11.6 Å². The standard InChI is InChI=1S/C20H19ClFN3O2/c1-13-23-24-20(27-13)18-10-14-4-2-3-5-15(14)12-25(18)8-9-26-19-7-6-16(22)11-17(19)21/h2-7,11,18H,8-10,12H2,1H3. The van der Waals surface area contributed by atoms with Crippen molar-refractivity contribution in [1.29, 1.82) is 0 Å². The van der Waals surface area contributed by atoms with Crippen molar-refractivity contribution in [2.24, 2.45) is 0 Å². The van der Waals surface area contributed by atoms with E-state index in [9.17, 15) is 4.39 Å². The minimum Gasteiger partial charge on any atom is -0.491 e. The second-order valence-electron chi connectivity index (χ2n) is 6.54. The molecule has 0 radical (unpaired) electrons. The topological polar surface area (TPSA) is 51.4 Å². The molecule has 0 spiro atoms. The van der Waals surface area contributed by atoms with Gasteiger partial charge in [0.2, 0.25) is 11.8 Å². The highest BCUT2D eigenvalue weighted by Crippen LogP contribution is 2.32. The molecule has 0 fully saturated rings. The molecule has 0 N–H and O–H groups in total. The molecule has 0 amide bonds. The van der Waals surface area contributed by atoms with E-state index in [2.05, 4.69) is 27.2 Å². The van der Waals surface area contributed by atoms with E-state index in [1.807, 2.05) is 12.1 Å². The lowest BCUT2D eigenvalue weighted by Gasteiger charge is -2.34. The highest BCUT2D eigenvalue weighted by molar-refractivity contribution is 6.32. The number of benzene rings is 2. The molecule has 0 aliphatic carbocycles. The number of nitrogens with zero attached hydrogens (tertiary/aromatic N) is 3. The summed E-state index contributed by atoms with van der Waals surface area (Å²) in [6.45, 7) is 3.62. The Morgan fingerprint density at radius 2 is 2.04 bits per heavy atom. The van der Waals surface area contributed by atoms with Gasteiger partial charge in [0.05, 0.1) is 11.1 Å². The highest BCUT2D eigenvalue weighted by Gasteiger charge is 2.30. The number of rotatable bonds is 5. The molecule has 3 aromatic rings. The molecule has 1 aliphatic heterocycles. The summed E-state index contributed by atoms with van der Waals surface area (Å²) in [5.74, 6) is 1.26. The third-order valence-electron chi connectivity index (χ3n) is 4.70. The Hall–Kier alpha value is -2.44. The number of aryl methyl sites for hydroxylation is 1. The second-order valence-corrected chi connectivity index (χ2v) is 6.95. The zero-order chi connectivity index (χ0) is 18.8. The number of aromatic nitrogens is 2. The summed E-state index contributed by atoms with van der Waals surface area (Å²) in [7, 11) is 0. The van der Waals surface area contributed by atoms with Crippen molar-refractivity contribution >= 4 is 11.6 Å². The Labute approximate surface area is 161 Å². The molecule has 0 saturated heterocycles. The molecule has 2 heterocycles. The Kier molecular flexibility index (Phi) is 5.09. The molecular formula is C20H19ClFN3O2. The van der Waals surface area contributed by atoms with Crippen LogP contribution in [0.4, 0.5) is 4.39 Å². The molecule has 1 atom stereocenters. The lowest BCUT2D eigenvalue weighted by atomic mass is 9.94. The molecule has 0 bridgehead atoms. The molecule has 0 saturated carbocycles. The molecule has 1 aliphatic rings. The Balaban J connectivity index is 1.50. The van der Waals surface area contributed by atoms with E-state index < -0.39 is 0 Å². The first-order valence-corrected chi connectivity index (χ1v) is 9.16. The normalized spacial score (nSPS) is 16.9. The summed E-state index contributed by atoms with van der Waals surface area (Å²) in [5.41, 5.74) is 2.57. The van der Waals surface area contributed by atoms with Gasteiger partial charge in [0, 0.05) is 20.0 Å². The summed E-state index contributed by atoms with van der Waals surface area (Å²) in [6, 6.07) is 12.5. The summed E-state index contributed by atoms with van der Waals surface area (Å²) in [5, 5.41) is 8.46. The van der Waals surface area contributed by atoms with Gasteiger partial charge in [-0.2, -0.15) is 0 Å². The van der Waals surface area contributed by atoms with Crippen molar-refractivity contribution in [1.82, 2.24) is 15.1 Å². The predicted molar refractivity (Wildman–Crippen MR) is 99.2 cm³/mol. The number of ether oxygens (including phenoxy) is 1. The van der Waals surface area contributed by atoms with Gasteiger partial charge in [-0.15, -0.1) is 10.2 Å². The average molecular weight is 388 g/mol. The molecule has 2 aromatic carbocycles. The smallest absolute Gasteiger partial charge is 0.233 e. The monoisotopic (exact) mass is 387 g/mol. The maximum atomic E-state index is 13.2. The van der Waals surface area contributed by atoms with Gasteiger partial charge >= 0.3 is 0 Å². The Morgan fingerprint density at radius 3 is 2.78 bits per heavy atom. The van der Waals surface area contributed by atoms with E-state index in [-0.39, 0.29) is 16.9 Å². The highest BCUT2D eigenvalue weighted by atomic mass is 35.5. The second kappa shape index (κ2) is 7.66. The summed E-state index contributed by atoms with van der Waals surface area (Å²) in [4.78, 5) is 2.26. The zero-order valence-electron chi connectivity index (χ0n) is 14.9. The van der Waals surface area contributed by atoms with Crippen molar-refractivity contribution in [3.63, 3.8) is 0 Å². The predicted octanol–water partition coefficient (Wildman–Crippen LogP) is 4.35. The van der Waals surface area contributed by atoms with E-state index in [0.717, 1.165) is 13.0 Å². The van der Waals surface area contributed by atoms with Crippen LogP contribution in [0.5, 0.6) is 5.75 Å².